The number of ether oxygens (including phenoxy) is 2. The summed E-state index contributed by atoms with van der Waals surface area (Å²) in [6.45, 7) is 3.30. The van der Waals surface area contributed by atoms with Crippen LogP contribution in [0.15, 0.2) is 18.5 Å². The van der Waals surface area contributed by atoms with E-state index in [1.807, 2.05) is 0 Å². The first kappa shape index (κ1) is 18.3. The first-order chi connectivity index (χ1) is 12.3. The Kier molecular flexibility index (Phi) is 5.21. The van der Waals surface area contributed by atoms with Crippen molar-refractivity contribution in [2.24, 2.45) is 5.41 Å². The van der Waals surface area contributed by atoms with Crippen LogP contribution in [-0.2, 0) is 0 Å². The monoisotopic (exact) mass is 368 g/mol. The maximum Gasteiger partial charge on any atom is 0.388 e. The van der Waals surface area contributed by atoms with Crippen LogP contribution >= 0.6 is 0 Å². The average molecular weight is 368 g/mol. The molecule has 0 radical (unpaired) electrons. The zero-order valence-corrected chi connectivity index (χ0v) is 14.9. The van der Waals surface area contributed by atoms with Crippen molar-refractivity contribution in [3.05, 3.63) is 18.5 Å². The van der Waals surface area contributed by atoms with Gasteiger partial charge < -0.3 is 19.7 Å². The lowest BCUT2D eigenvalue weighted by molar-refractivity contribution is -0.0528. The number of alkyl halides is 2. The average Bonchev–Trinajstić information content (AvgIpc) is 2.96. The largest absolute Gasteiger partial charge is 0.473 e. The lowest BCUT2D eigenvalue weighted by Crippen LogP contribution is -2.49. The fourth-order valence-corrected chi connectivity index (χ4v) is 3.09. The summed E-state index contributed by atoms with van der Waals surface area (Å²) in [4.78, 5) is 10.8. The van der Waals surface area contributed by atoms with Crippen LogP contribution in [0.25, 0.3) is 0 Å². The normalized spacial score (nSPS) is 20.2. The summed E-state index contributed by atoms with van der Waals surface area (Å²) in [5.74, 6) is 0.934. The molecule has 142 valence electrons. The van der Waals surface area contributed by atoms with Crippen molar-refractivity contribution >= 4 is 11.6 Å². The Morgan fingerprint density at radius 1 is 1.35 bits per heavy atom. The number of piperidine rings is 1. The predicted molar refractivity (Wildman–Crippen MR) is 90.8 cm³/mol. The van der Waals surface area contributed by atoms with Crippen molar-refractivity contribution in [3.8, 4) is 11.8 Å². The van der Waals surface area contributed by atoms with Crippen LogP contribution in [0.5, 0.6) is 11.8 Å². The molecule has 3 rings (SSSR count). The molecule has 2 aromatic heterocycles. The Balaban J connectivity index is 1.65. The molecule has 2 aromatic rings. The number of rotatable bonds is 6. The number of hydrogen-bond donors (Lipinski definition) is 2. The summed E-state index contributed by atoms with van der Waals surface area (Å²) in [6, 6.07) is 1.31. The third-order valence-electron chi connectivity index (χ3n) is 4.22. The van der Waals surface area contributed by atoms with Gasteiger partial charge in [0.05, 0.1) is 12.4 Å². The number of nitrogens with one attached hydrogen (secondary N) is 2. The Hall–Kier alpha value is -2.49. The lowest BCUT2D eigenvalue weighted by Gasteiger charge is -2.42. The highest BCUT2D eigenvalue weighted by Crippen LogP contribution is 2.31. The van der Waals surface area contributed by atoms with Crippen LogP contribution in [-0.4, -0.2) is 57.9 Å². The van der Waals surface area contributed by atoms with E-state index in [2.05, 4.69) is 56.0 Å². The van der Waals surface area contributed by atoms with Crippen LogP contribution in [0.2, 0.25) is 0 Å². The van der Waals surface area contributed by atoms with E-state index < -0.39 is 6.61 Å². The molecular weight excluding hydrogens is 346 g/mol. The zero-order valence-electron chi connectivity index (χ0n) is 14.9. The van der Waals surface area contributed by atoms with Gasteiger partial charge in [-0.25, -0.2) is 5.10 Å². The number of hydrogen-bond acceptors (Lipinski definition) is 7. The molecule has 3 heterocycles. The molecule has 8 nitrogen and oxygen atoms in total. The van der Waals surface area contributed by atoms with E-state index in [0.717, 1.165) is 19.5 Å². The molecule has 1 atom stereocenters. The second kappa shape index (κ2) is 7.40. The van der Waals surface area contributed by atoms with E-state index in [-0.39, 0.29) is 23.2 Å². The molecule has 1 aliphatic rings. The molecule has 0 aromatic carbocycles. The van der Waals surface area contributed by atoms with E-state index in [1.54, 1.807) is 6.20 Å². The third kappa shape index (κ3) is 4.57. The maximum atomic E-state index is 12.2. The number of aromatic amines is 1. The maximum absolute atomic E-state index is 12.2. The Labute approximate surface area is 149 Å². The fraction of sp³-hybridized carbons (Fsp3) is 0.562. The van der Waals surface area contributed by atoms with E-state index in [9.17, 15) is 8.78 Å². The van der Waals surface area contributed by atoms with Crippen LogP contribution in [0, 0.1) is 5.41 Å². The number of halogens is 2. The third-order valence-corrected chi connectivity index (χ3v) is 4.22. The highest BCUT2D eigenvalue weighted by molar-refractivity contribution is 5.52. The van der Waals surface area contributed by atoms with Crippen LogP contribution in [0.4, 0.5) is 20.4 Å². The summed E-state index contributed by atoms with van der Waals surface area (Å²) in [6.07, 6.45) is 3.97. The van der Waals surface area contributed by atoms with Gasteiger partial charge in [-0.05, 0) is 13.5 Å². The Bertz CT molecular complexity index is 739. The standard InChI is InChI=1S/C16H22F2N6O2/c1-16(2)9-24(3)5-4-10(16)25-14-8-19-7-12(21-14)20-11-6-13(23-22-11)26-15(17)18/h6-8,10,15H,4-5,9H2,1-3H3,(H2,20,21,22,23)/t10-/m1/s1. The molecule has 0 amide bonds. The van der Waals surface area contributed by atoms with E-state index in [1.165, 1.54) is 12.3 Å². The minimum Gasteiger partial charge on any atom is -0.473 e. The number of anilines is 2. The number of H-pyrrole nitrogens is 1. The highest BCUT2D eigenvalue weighted by atomic mass is 19.3. The number of nitrogens with zero attached hydrogens (tertiary/aromatic N) is 4. The minimum absolute atomic E-state index is 0.0121. The summed E-state index contributed by atoms with van der Waals surface area (Å²) in [5, 5.41) is 9.06. The topological polar surface area (TPSA) is 88.2 Å². The second-order valence-electron chi connectivity index (χ2n) is 6.99. The van der Waals surface area contributed by atoms with Crippen molar-refractivity contribution in [2.75, 3.05) is 25.5 Å². The van der Waals surface area contributed by atoms with Gasteiger partial charge in [0.15, 0.2) is 11.6 Å². The van der Waals surface area contributed by atoms with Gasteiger partial charge in [0.1, 0.15) is 6.10 Å². The van der Waals surface area contributed by atoms with Gasteiger partial charge in [0, 0.05) is 24.6 Å². The molecule has 0 spiro atoms. The summed E-state index contributed by atoms with van der Waals surface area (Å²) in [5.41, 5.74) is -0.0121. The number of likely N-dealkylation sites (tertiary alicyclic amines) is 1. The van der Waals surface area contributed by atoms with Crippen molar-refractivity contribution in [3.63, 3.8) is 0 Å². The van der Waals surface area contributed by atoms with E-state index in [4.69, 9.17) is 4.74 Å². The predicted octanol–water partition coefficient (Wildman–Crippen LogP) is 2.65. The summed E-state index contributed by atoms with van der Waals surface area (Å²) in [7, 11) is 2.10. The molecule has 1 saturated heterocycles. The molecule has 0 unspecified atom stereocenters. The molecule has 1 aliphatic heterocycles. The van der Waals surface area contributed by atoms with Crippen LogP contribution in [0.3, 0.4) is 0 Å². The molecule has 0 saturated carbocycles. The van der Waals surface area contributed by atoms with Gasteiger partial charge in [-0.15, -0.1) is 0 Å². The van der Waals surface area contributed by atoms with Gasteiger partial charge in [-0.3, -0.25) is 4.98 Å². The molecule has 10 heteroatoms. The molecule has 0 aliphatic carbocycles. The molecule has 1 fully saturated rings. The lowest BCUT2D eigenvalue weighted by atomic mass is 9.81. The molecule has 26 heavy (non-hydrogen) atoms. The van der Waals surface area contributed by atoms with Crippen molar-refractivity contribution < 1.29 is 18.3 Å². The molecule has 2 N–H and O–H groups in total. The summed E-state index contributed by atoms with van der Waals surface area (Å²) < 4.78 is 34.7. The van der Waals surface area contributed by atoms with Crippen LogP contribution in [0.1, 0.15) is 20.3 Å². The highest BCUT2D eigenvalue weighted by Gasteiger charge is 2.36. The SMILES string of the molecule is CN1CC[C@@H](Oc2cncc(Nc3cc(OC(F)F)[nH]n3)n2)C(C)(C)C1. The quantitative estimate of drug-likeness (QED) is 0.810. The second-order valence-corrected chi connectivity index (χ2v) is 6.99. The zero-order chi connectivity index (χ0) is 18.7. The first-order valence-electron chi connectivity index (χ1n) is 8.26. The molecular formula is C16H22F2N6O2. The van der Waals surface area contributed by atoms with Gasteiger partial charge in [-0.1, -0.05) is 13.8 Å². The number of aromatic nitrogens is 4. The molecule has 0 bridgehead atoms. The van der Waals surface area contributed by atoms with Crippen LogP contribution < -0.4 is 14.8 Å². The first-order valence-corrected chi connectivity index (χ1v) is 8.26. The summed E-state index contributed by atoms with van der Waals surface area (Å²) >= 11 is 0. The van der Waals surface area contributed by atoms with Crippen molar-refractivity contribution in [1.82, 2.24) is 25.1 Å². The van der Waals surface area contributed by atoms with E-state index in [0.29, 0.717) is 11.7 Å². The van der Waals surface area contributed by atoms with Crippen molar-refractivity contribution in [1.29, 1.82) is 0 Å². The van der Waals surface area contributed by atoms with Gasteiger partial charge in [0.25, 0.3) is 0 Å². The van der Waals surface area contributed by atoms with Crippen molar-refractivity contribution in [2.45, 2.75) is 33.0 Å². The minimum atomic E-state index is -2.92. The Morgan fingerprint density at radius 2 is 2.15 bits per heavy atom. The van der Waals surface area contributed by atoms with Gasteiger partial charge in [-0.2, -0.15) is 18.9 Å². The van der Waals surface area contributed by atoms with Gasteiger partial charge >= 0.3 is 6.61 Å². The van der Waals surface area contributed by atoms with Gasteiger partial charge in [0.2, 0.25) is 11.8 Å². The fourth-order valence-electron chi connectivity index (χ4n) is 3.09. The smallest absolute Gasteiger partial charge is 0.388 e. The van der Waals surface area contributed by atoms with E-state index >= 15 is 0 Å². The Morgan fingerprint density at radius 3 is 2.88 bits per heavy atom.